The molecule has 4 aromatic rings. The summed E-state index contributed by atoms with van der Waals surface area (Å²) in [4.78, 5) is 38.8. The summed E-state index contributed by atoms with van der Waals surface area (Å²) < 4.78 is 12.6. The SMILES string of the molecule is COC[C@H](C)NCc1ccc2c(c1)nc(NC(=O)c1ccc(-c3cnco3)s1)n2C[C@H]1CCCN1C(=O)C(C#N)=CC1CC1. The molecule has 2 N–H and O–H groups in total. The van der Waals surface area contributed by atoms with E-state index in [2.05, 4.69) is 28.6 Å². The van der Waals surface area contributed by atoms with Gasteiger partial charge in [0.15, 0.2) is 12.2 Å². The minimum Gasteiger partial charge on any atom is -0.443 e. The quantitative estimate of drug-likeness (QED) is 0.169. The van der Waals surface area contributed by atoms with E-state index in [1.807, 2.05) is 39.8 Å². The van der Waals surface area contributed by atoms with Crippen LogP contribution in [-0.2, 0) is 22.6 Å². The van der Waals surface area contributed by atoms with Crippen LogP contribution in [-0.4, -0.2) is 63.6 Å². The zero-order chi connectivity index (χ0) is 30.6. The lowest BCUT2D eigenvalue weighted by molar-refractivity contribution is -0.127. The van der Waals surface area contributed by atoms with Crippen LogP contribution in [0.25, 0.3) is 21.7 Å². The van der Waals surface area contributed by atoms with Crippen LogP contribution in [0, 0.1) is 17.2 Å². The average Bonchev–Trinajstić information content (AvgIpc) is 3.48. The van der Waals surface area contributed by atoms with Gasteiger partial charge in [-0.15, -0.1) is 11.3 Å². The van der Waals surface area contributed by atoms with Crippen LogP contribution < -0.4 is 10.6 Å². The Morgan fingerprint density at radius 2 is 2.14 bits per heavy atom. The summed E-state index contributed by atoms with van der Waals surface area (Å²) >= 11 is 1.31. The van der Waals surface area contributed by atoms with Crippen molar-refractivity contribution in [2.24, 2.45) is 5.92 Å². The number of hydrogen-bond acceptors (Lipinski definition) is 9. The number of allylic oxidation sites excluding steroid dienone is 1. The first-order valence-electron chi connectivity index (χ1n) is 14.9. The molecular formula is C32H35N7O4S. The van der Waals surface area contributed by atoms with Crippen LogP contribution in [0.3, 0.4) is 0 Å². The number of methoxy groups -OCH3 is 1. The van der Waals surface area contributed by atoms with E-state index in [0.717, 1.165) is 47.2 Å². The Hall–Kier alpha value is -4.31. The van der Waals surface area contributed by atoms with Crippen molar-refractivity contribution in [1.82, 2.24) is 24.8 Å². The summed E-state index contributed by atoms with van der Waals surface area (Å²) in [5.41, 5.74) is 2.88. The third kappa shape index (κ3) is 6.60. The van der Waals surface area contributed by atoms with Gasteiger partial charge in [-0.25, -0.2) is 9.97 Å². The van der Waals surface area contributed by atoms with Crippen molar-refractivity contribution >= 4 is 40.1 Å². The number of nitrogens with zero attached hydrogens (tertiary/aromatic N) is 5. The van der Waals surface area contributed by atoms with Gasteiger partial charge >= 0.3 is 0 Å². The molecule has 2 atom stereocenters. The maximum atomic E-state index is 13.4. The van der Waals surface area contributed by atoms with E-state index in [-0.39, 0.29) is 29.5 Å². The number of rotatable bonds is 12. The Bertz CT molecular complexity index is 1710. The van der Waals surface area contributed by atoms with E-state index < -0.39 is 0 Å². The Morgan fingerprint density at radius 1 is 1.27 bits per heavy atom. The van der Waals surface area contributed by atoms with Gasteiger partial charge in [-0.1, -0.05) is 12.1 Å². The van der Waals surface area contributed by atoms with Gasteiger partial charge in [0, 0.05) is 32.8 Å². The third-order valence-corrected chi connectivity index (χ3v) is 9.12. The standard InChI is InChI=1S/C32H35N7O4S/c1-20(18-42-2)35-15-22-7-8-26-25(13-22)36-32(37-30(40)29-10-9-28(44-29)27-16-34-19-43-27)39(26)17-24-4-3-11-38(24)31(41)23(14-33)12-21-5-6-21/h7-10,12-13,16,19-21,24,35H,3-6,11,15,17-18H2,1-2H3,(H,36,37,40)/t20-,24+/m0/s1. The number of fused-ring (bicyclic) bond motifs is 1. The second-order valence-corrected chi connectivity index (χ2v) is 12.5. The number of anilines is 1. The number of nitrogens with one attached hydrogen (secondary N) is 2. The van der Waals surface area contributed by atoms with Crippen LogP contribution >= 0.6 is 11.3 Å². The number of amides is 2. The van der Waals surface area contributed by atoms with Crippen molar-refractivity contribution in [3.05, 3.63) is 65.0 Å². The van der Waals surface area contributed by atoms with E-state index in [9.17, 15) is 14.9 Å². The topological polar surface area (TPSA) is 138 Å². The molecular weight excluding hydrogens is 578 g/mol. The number of thiophene rings is 1. The normalized spacial score (nSPS) is 17.6. The molecule has 1 aromatic carbocycles. The van der Waals surface area contributed by atoms with Gasteiger partial charge < -0.3 is 23.9 Å². The molecule has 0 radical (unpaired) electrons. The summed E-state index contributed by atoms with van der Waals surface area (Å²) in [6.07, 6.45) is 8.50. The summed E-state index contributed by atoms with van der Waals surface area (Å²) in [5, 5.41) is 16.2. The van der Waals surface area contributed by atoms with Crippen molar-refractivity contribution in [1.29, 1.82) is 5.26 Å². The predicted molar refractivity (Wildman–Crippen MR) is 167 cm³/mol. The number of carbonyl (C=O) groups is 2. The molecule has 2 fully saturated rings. The maximum absolute atomic E-state index is 13.4. The zero-order valence-corrected chi connectivity index (χ0v) is 25.6. The van der Waals surface area contributed by atoms with E-state index in [1.165, 1.54) is 17.7 Å². The minimum atomic E-state index is -0.286. The van der Waals surface area contributed by atoms with Crippen molar-refractivity contribution < 1.29 is 18.7 Å². The highest BCUT2D eigenvalue weighted by Crippen LogP contribution is 2.33. The molecule has 1 saturated carbocycles. The molecule has 2 amide bonds. The van der Waals surface area contributed by atoms with Gasteiger partial charge in [-0.3, -0.25) is 14.9 Å². The van der Waals surface area contributed by atoms with Gasteiger partial charge in [0.1, 0.15) is 11.6 Å². The molecule has 6 rings (SSSR count). The smallest absolute Gasteiger partial charge is 0.268 e. The van der Waals surface area contributed by atoms with Crippen LogP contribution in [0.5, 0.6) is 0 Å². The molecule has 11 nitrogen and oxygen atoms in total. The second-order valence-electron chi connectivity index (χ2n) is 11.4. The van der Waals surface area contributed by atoms with Crippen LogP contribution in [0.1, 0.15) is 47.8 Å². The van der Waals surface area contributed by atoms with Crippen LogP contribution in [0.2, 0.25) is 0 Å². The molecule has 2 aliphatic rings. The summed E-state index contributed by atoms with van der Waals surface area (Å²) in [6, 6.07) is 11.8. The number of nitriles is 1. The molecule has 44 heavy (non-hydrogen) atoms. The fourth-order valence-electron chi connectivity index (χ4n) is 5.57. The number of aromatic nitrogens is 3. The number of carbonyl (C=O) groups excluding carboxylic acids is 2. The van der Waals surface area contributed by atoms with Gasteiger partial charge in [-0.05, 0) is 68.4 Å². The van der Waals surface area contributed by atoms with Gasteiger partial charge in [0.25, 0.3) is 11.8 Å². The fraction of sp³-hybridized carbons (Fsp3) is 0.406. The average molecular weight is 614 g/mol. The number of imidazole rings is 1. The first-order valence-corrected chi connectivity index (χ1v) is 15.7. The lowest BCUT2D eigenvalue weighted by atomic mass is 10.1. The number of hydrogen-bond donors (Lipinski definition) is 2. The highest BCUT2D eigenvalue weighted by Gasteiger charge is 2.33. The number of benzene rings is 1. The molecule has 1 aliphatic heterocycles. The maximum Gasteiger partial charge on any atom is 0.268 e. The lowest BCUT2D eigenvalue weighted by Gasteiger charge is -2.26. The Balaban J connectivity index is 1.28. The van der Waals surface area contributed by atoms with Crippen molar-refractivity contribution in [3.63, 3.8) is 0 Å². The third-order valence-electron chi connectivity index (χ3n) is 8.02. The molecule has 1 aliphatic carbocycles. The van der Waals surface area contributed by atoms with Gasteiger partial charge in [0.2, 0.25) is 5.95 Å². The first kappa shape index (κ1) is 29.7. The summed E-state index contributed by atoms with van der Waals surface area (Å²) in [7, 11) is 1.68. The Morgan fingerprint density at radius 3 is 2.89 bits per heavy atom. The van der Waals surface area contributed by atoms with Crippen LogP contribution in [0.15, 0.2) is 59.0 Å². The van der Waals surface area contributed by atoms with E-state index in [1.54, 1.807) is 19.4 Å². The fourth-order valence-corrected chi connectivity index (χ4v) is 6.43. The second kappa shape index (κ2) is 13.1. The Kier molecular flexibility index (Phi) is 8.88. The largest absolute Gasteiger partial charge is 0.443 e. The molecule has 4 heterocycles. The van der Waals surface area contributed by atoms with Crippen molar-refractivity contribution in [2.45, 2.75) is 57.8 Å². The van der Waals surface area contributed by atoms with Crippen molar-refractivity contribution in [3.8, 4) is 16.7 Å². The summed E-state index contributed by atoms with van der Waals surface area (Å²) in [5.74, 6) is 0.837. The highest BCUT2D eigenvalue weighted by molar-refractivity contribution is 7.17. The highest BCUT2D eigenvalue weighted by atomic mass is 32.1. The van der Waals surface area contributed by atoms with Gasteiger partial charge in [0.05, 0.1) is 39.6 Å². The lowest BCUT2D eigenvalue weighted by Crippen LogP contribution is -2.39. The van der Waals surface area contributed by atoms with Crippen molar-refractivity contribution in [2.75, 3.05) is 25.6 Å². The number of oxazole rings is 1. The molecule has 228 valence electrons. The first-order chi connectivity index (χ1) is 21.4. The molecule has 3 aromatic heterocycles. The Labute approximate surface area is 259 Å². The number of ether oxygens (including phenoxy) is 1. The van der Waals surface area contributed by atoms with Crippen LogP contribution in [0.4, 0.5) is 5.95 Å². The zero-order valence-electron chi connectivity index (χ0n) is 24.8. The summed E-state index contributed by atoms with van der Waals surface area (Å²) in [6.45, 7) is 4.35. The molecule has 0 spiro atoms. The van der Waals surface area contributed by atoms with E-state index in [0.29, 0.717) is 48.7 Å². The van der Waals surface area contributed by atoms with Gasteiger partial charge in [-0.2, -0.15) is 5.26 Å². The molecule has 1 saturated heterocycles. The molecule has 0 unspecified atom stereocenters. The monoisotopic (exact) mass is 613 g/mol. The van der Waals surface area contributed by atoms with E-state index >= 15 is 0 Å². The number of likely N-dealkylation sites (tertiary alicyclic amines) is 1. The minimum absolute atomic E-state index is 0.137. The molecule has 0 bridgehead atoms. The molecule has 12 heteroatoms. The predicted octanol–water partition coefficient (Wildman–Crippen LogP) is 4.98. The van der Waals surface area contributed by atoms with E-state index in [4.69, 9.17) is 14.1 Å².